The van der Waals surface area contributed by atoms with E-state index in [1.165, 1.54) is 23.1 Å². The Morgan fingerprint density at radius 2 is 2.13 bits per heavy atom. The first-order valence-corrected chi connectivity index (χ1v) is 9.54. The van der Waals surface area contributed by atoms with Crippen molar-refractivity contribution < 1.29 is 0 Å². The van der Waals surface area contributed by atoms with Crippen molar-refractivity contribution in [1.82, 2.24) is 20.2 Å². The number of hydrogen-bond donors (Lipinski definition) is 2. The summed E-state index contributed by atoms with van der Waals surface area (Å²) in [6.45, 7) is 9.94. The molecule has 1 aliphatic heterocycles. The summed E-state index contributed by atoms with van der Waals surface area (Å²) >= 11 is 1.76. The minimum atomic E-state index is 0.389. The van der Waals surface area contributed by atoms with Gasteiger partial charge in [-0.1, -0.05) is 0 Å². The molecule has 2 N–H and O–H groups in total. The van der Waals surface area contributed by atoms with Crippen LogP contribution in [0.15, 0.2) is 5.38 Å². The Bertz CT molecular complexity index is 688. The van der Waals surface area contributed by atoms with Crippen LogP contribution in [0.3, 0.4) is 0 Å². The molecule has 0 amide bonds. The molecule has 1 saturated heterocycles. The van der Waals surface area contributed by atoms with Crippen LogP contribution in [0.2, 0.25) is 0 Å². The lowest BCUT2D eigenvalue weighted by atomic mass is 10.2. The van der Waals surface area contributed by atoms with Crippen LogP contribution in [-0.2, 0) is 0 Å². The maximum Gasteiger partial charge on any atom is 0.148 e. The second-order valence-corrected chi connectivity index (χ2v) is 7.78. The zero-order valence-electron chi connectivity index (χ0n) is 13.9. The van der Waals surface area contributed by atoms with Crippen LogP contribution in [-0.4, -0.2) is 53.6 Å². The molecule has 1 aliphatic carbocycles. The number of nitrogens with one attached hydrogen (secondary N) is 2. The van der Waals surface area contributed by atoms with E-state index in [-0.39, 0.29) is 0 Å². The molecule has 2 aromatic rings. The lowest BCUT2D eigenvalue weighted by Crippen LogP contribution is -2.47. The number of piperazine rings is 1. The van der Waals surface area contributed by atoms with Gasteiger partial charge in [0.25, 0.3) is 0 Å². The number of thiophene rings is 1. The molecule has 0 aromatic carbocycles. The second kappa shape index (κ2) is 6.34. The number of aryl methyl sites for hydroxylation is 1. The largest absolute Gasteiger partial charge is 0.365 e. The summed E-state index contributed by atoms with van der Waals surface area (Å²) in [6, 6.07) is 0.389. The topological polar surface area (TPSA) is 53.1 Å². The Balaban J connectivity index is 1.54. The van der Waals surface area contributed by atoms with Crippen LogP contribution in [0.1, 0.15) is 37.1 Å². The molecule has 2 aliphatic rings. The Hall–Kier alpha value is -1.24. The number of nitrogens with zero attached hydrogens (tertiary/aromatic N) is 3. The average Bonchev–Trinajstić information content (AvgIpc) is 3.33. The highest BCUT2D eigenvalue weighted by atomic mass is 32.1. The molecule has 124 valence electrons. The Kier molecular flexibility index (Phi) is 4.22. The Labute approximate surface area is 141 Å². The fourth-order valence-corrected chi connectivity index (χ4v) is 4.17. The Morgan fingerprint density at radius 3 is 2.87 bits per heavy atom. The van der Waals surface area contributed by atoms with Gasteiger partial charge in [0.05, 0.1) is 10.2 Å². The van der Waals surface area contributed by atoms with Gasteiger partial charge in [-0.05, 0) is 37.6 Å². The number of fused-ring (bicyclic) bond motifs is 1. The van der Waals surface area contributed by atoms with E-state index >= 15 is 0 Å². The first-order valence-electron chi connectivity index (χ1n) is 8.66. The molecule has 2 aromatic heterocycles. The van der Waals surface area contributed by atoms with Gasteiger partial charge in [0.2, 0.25) is 0 Å². The summed E-state index contributed by atoms with van der Waals surface area (Å²) in [5.41, 5.74) is 2.41. The first-order chi connectivity index (χ1) is 11.2. The summed E-state index contributed by atoms with van der Waals surface area (Å²) < 4.78 is 1.21. The molecule has 0 radical (unpaired) electrons. The predicted octanol–water partition coefficient (Wildman–Crippen LogP) is 2.58. The third-order valence-corrected chi connectivity index (χ3v) is 5.77. The van der Waals surface area contributed by atoms with Gasteiger partial charge >= 0.3 is 0 Å². The van der Waals surface area contributed by atoms with Crippen molar-refractivity contribution in [2.24, 2.45) is 0 Å². The highest BCUT2D eigenvalue weighted by Gasteiger charge is 2.28. The molecular weight excluding hydrogens is 306 g/mol. The summed E-state index contributed by atoms with van der Waals surface area (Å²) in [5.74, 6) is 2.66. The lowest BCUT2D eigenvalue weighted by Gasteiger charge is -2.30. The van der Waals surface area contributed by atoms with Crippen LogP contribution < -0.4 is 10.6 Å². The maximum absolute atomic E-state index is 4.87. The zero-order chi connectivity index (χ0) is 15.8. The van der Waals surface area contributed by atoms with Gasteiger partial charge in [-0.15, -0.1) is 11.3 Å². The van der Waals surface area contributed by atoms with Crippen LogP contribution >= 0.6 is 11.3 Å². The van der Waals surface area contributed by atoms with E-state index in [1.807, 2.05) is 0 Å². The molecule has 3 heterocycles. The van der Waals surface area contributed by atoms with Gasteiger partial charge in [0.15, 0.2) is 0 Å². The SMILES string of the molecule is Cc1csc2c(N[C@@H](C)CN3CCNCC3)nc(C3CC3)nc12. The van der Waals surface area contributed by atoms with Crippen LogP contribution in [0, 0.1) is 6.92 Å². The molecule has 0 unspecified atom stereocenters. The van der Waals surface area contributed by atoms with Gasteiger partial charge in [-0.2, -0.15) is 0 Å². The third kappa shape index (κ3) is 3.34. The highest BCUT2D eigenvalue weighted by Crippen LogP contribution is 2.40. The van der Waals surface area contributed by atoms with Gasteiger partial charge in [0, 0.05) is 44.7 Å². The molecule has 0 spiro atoms. The fourth-order valence-electron chi connectivity index (χ4n) is 3.23. The third-order valence-electron chi connectivity index (χ3n) is 4.68. The second-order valence-electron chi connectivity index (χ2n) is 6.90. The number of aromatic nitrogens is 2. The quantitative estimate of drug-likeness (QED) is 0.882. The highest BCUT2D eigenvalue weighted by molar-refractivity contribution is 7.18. The molecule has 23 heavy (non-hydrogen) atoms. The monoisotopic (exact) mass is 331 g/mol. The molecular formula is C17H25N5S. The molecule has 4 rings (SSSR count). The van der Waals surface area contributed by atoms with Crippen molar-refractivity contribution in [3.05, 3.63) is 16.8 Å². The van der Waals surface area contributed by atoms with Crippen molar-refractivity contribution in [3.63, 3.8) is 0 Å². The van der Waals surface area contributed by atoms with E-state index in [0.717, 1.165) is 49.9 Å². The average molecular weight is 331 g/mol. The molecule has 2 fully saturated rings. The lowest BCUT2D eigenvalue weighted by molar-refractivity contribution is 0.235. The first kappa shape index (κ1) is 15.3. The van der Waals surface area contributed by atoms with E-state index in [9.17, 15) is 0 Å². The molecule has 1 saturated carbocycles. The summed E-state index contributed by atoms with van der Waals surface area (Å²) in [6.07, 6.45) is 2.48. The van der Waals surface area contributed by atoms with Gasteiger partial charge in [-0.3, -0.25) is 4.90 Å². The van der Waals surface area contributed by atoms with Crippen molar-refractivity contribution in [2.75, 3.05) is 38.0 Å². The summed E-state index contributed by atoms with van der Waals surface area (Å²) in [4.78, 5) is 12.2. The standard InChI is InChI=1S/C17H25N5S/c1-11-10-23-15-14(11)20-16(13-3-4-13)21-17(15)19-12(2)9-22-7-5-18-6-8-22/h10,12-13,18H,3-9H2,1-2H3,(H,19,20,21)/t12-/m0/s1. The van der Waals surface area contributed by atoms with Gasteiger partial charge in [-0.25, -0.2) is 9.97 Å². The van der Waals surface area contributed by atoms with Crippen LogP contribution in [0.5, 0.6) is 0 Å². The molecule has 6 heteroatoms. The minimum absolute atomic E-state index is 0.389. The Morgan fingerprint density at radius 1 is 1.35 bits per heavy atom. The normalized spacial score (nSPS) is 20.8. The van der Waals surface area contributed by atoms with Crippen molar-refractivity contribution in [3.8, 4) is 0 Å². The molecule has 0 bridgehead atoms. The molecule has 5 nitrogen and oxygen atoms in total. The van der Waals surface area contributed by atoms with E-state index in [1.54, 1.807) is 11.3 Å². The van der Waals surface area contributed by atoms with Crippen molar-refractivity contribution >= 4 is 27.4 Å². The van der Waals surface area contributed by atoms with Crippen molar-refractivity contribution in [2.45, 2.75) is 38.6 Å². The number of rotatable bonds is 5. The van der Waals surface area contributed by atoms with Gasteiger partial charge < -0.3 is 10.6 Å². The number of anilines is 1. The van der Waals surface area contributed by atoms with E-state index < -0.39 is 0 Å². The summed E-state index contributed by atoms with van der Waals surface area (Å²) in [5, 5.41) is 9.27. The summed E-state index contributed by atoms with van der Waals surface area (Å²) in [7, 11) is 0. The van der Waals surface area contributed by atoms with Crippen molar-refractivity contribution in [1.29, 1.82) is 0 Å². The van der Waals surface area contributed by atoms with E-state index in [4.69, 9.17) is 9.97 Å². The fraction of sp³-hybridized carbons (Fsp3) is 0.647. The zero-order valence-corrected chi connectivity index (χ0v) is 14.7. The van der Waals surface area contributed by atoms with Crippen LogP contribution in [0.25, 0.3) is 10.2 Å². The maximum atomic E-state index is 4.87. The predicted molar refractivity (Wildman–Crippen MR) is 96.5 cm³/mol. The molecule has 1 atom stereocenters. The number of hydrogen-bond acceptors (Lipinski definition) is 6. The van der Waals surface area contributed by atoms with Gasteiger partial charge in [0.1, 0.15) is 11.6 Å². The minimum Gasteiger partial charge on any atom is -0.365 e. The van der Waals surface area contributed by atoms with Crippen LogP contribution in [0.4, 0.5) is 5.82 Å². The smallest absolute Gasteiger partial charge is 0.148 e. The van der Waals surface area contributed by atoms with E-state index in [0.29, 0.717) is 12.0 Å². The van der Waals surface area contributed by atoms with E-state index in [2.05, 4.69) is 34.8 Å².